The highest BCUT2D eigenvalue weighted by molar-refractivity contribution is 6.29. The molecule has 2 bridgehead atoms. The smallest absolute Gasteiger partial charge is 0.407 e. The van der Waals surface area contributed by atoms with E-state index in [1.807, 2.05) is 12.1 Å². The maximum atomic E-state index is 11.0. The molecule has 1 aromatic rings. The number of piperazine rings is 1. The zero-order chi connectivity index (χ0) is 12.0. The van der Waals surface area contributed by atoms with Crippen LogP contribution in [0, 0.1) is 0 Å². The number of likely N-dealkylation sites (tertiary alicyclic amines) is 1. The number of carboxylic acid groups (broad SMARTS) is 1. The summed E-state index contributed by atoms with van der Waals surface area (Å²) in [5.41, 5.74) is 1.03. The Morgan fingerprint density at radius 3 is 2.88 bits per heavy atom. The fourth-order valence-electron chi connectivity index (χ4n) is 2.79. The van der Waals surface area contributed by atoms with Gasteiger partial charge < -0.3 is 14.9 Å². The molecule has 6 heteroatoms. The van der Waals surface area contributed by atoms with E-state index in [0.29, 0.717) is 11.7 Å². The van der Waals surface area contributed by atoms with Crippen molar-refractivity contribution in [2.24, 2.45) is 0 Å². The third-order valence-corrected chi connectivity index (χ3v) is 3.73. The summed E-state index contributed by atoms with van der Waals surface area (Å²) < 4.78 is 0. The number of carbonyl (C=O) groups is 1. The molecular weight excluding hydrogens is 242 g/mol. The molecule has 0 unspecified atom stereocenters. The van der Waals surface area contributed by atoms with Gasteiger partial charge in [0, 0.05) is 31.0 Å². The summed E-state index contributed by atoms with van der Waals surface area (Å²) in [5, 5.41) is 9.49. The largest absolute Gasteiger partial charge is 0.465 e. The van der Waals surface area contributed by atoms with Crippen LogP contribution in [0.5, 0.6) is 0 Å². The highest BCUT2D eigenvalue weighted by Crippen LogP contribution is 2.34. The Kier molecular flexibility index (Phi) is 2.36. The zero-order valence-electron chi connectivity index (χ0n) is 9.08. The Morgan fingerprint density at radius 1 is 1.47 bits per heavy atom. The molecule has 17 heavy (non-hydrogen) atoms. The Morgan fingerprint density at radius 2 is 2.29 bits per heavy atom. The van der Waals surface area contributed by atoms with Crippen molar-refractivity contribution in [3.63, 3.8) is 0 Å². The number of aromatic nitrogens is 1. The monoisotopic (exact) mass is 253 g/mol. The summed E-state index contributed by atoms with van der Waals surface area (Å²) in [5.74, 6) is 0. The lowest BCUT2D eigenvalue weighted by Gasteiger charge is -2.34. The summed E-state index contributed by atoms with van der Waals surface area (Å²) in [6.07, 6.45) is 1.77. The van der Waals surface area contributed by atoms with Crippen molar-refractivity contribution in [3.05, 3.63) is 23.5 Å². The first kappa shape index (κ1) is 10.7. The molecule has 1 aromatic heterocycles. The minimum Gasteiger partial charge on any atom is -0.465 e. The van der Waals surface area contributed by atoms with Crippen LogP contribution in [0.2, 0.25) is 5.15 Å². The molecule has 5 nitrogen and oxygen atoms in total. The highest BCUT2D eigenvalue weighted by atomic mass is 35.5. The van der Waals surface area contributed by atoms with E-state index in [1.54, 1.807) is 6.20 Å². The molecule has 3 rings (SSSR count). The van der Waals surface area contributed by atoms with E-state index in [0.717, 1.165) is 18.7 Å². The van der Waals surface area contributed by atoms with Crippen LogP contribution in [-0.2, 0) is 0 Å². The normalized spacial score (nSPS) is 26.6. The molecule has 2 saturated heterocycles. The van der Waals surface area contributed by atoms with Crippen molar-refractivity contribution >= 4 is 23.4 Å². The standard InChI is InChI=1S/C11H12ClN3O2/c12-10-4-7(1-2-13-10)14-5-9-3-8(14)6-15(9)11(16)17/h1-2,4,8-9H,3,5-6H2,(H,16,17)/t8-,9-/m0/s1. The van der Waals surface area contributed by atoms with Gasteiger partial charge >= 0.3 is 6.09 Å². The van der Waals surface area contributed by atoms with Gasteiger partial charge in [-0.05, 0) is 18.6 Å². The number of amides is 1. The molecule has 2 fully saturated rings. The van der Waals surface area contributed by atoms with Crippen LogP contribution in [0.4, 0.5) is 10.5 Å². The minimum absolute atomic E-state index is 0.115. The molecule has 2 aliphatic heterocycles. The number of rotatable bonds is 1. The molecule has 0 radical (unpaired) electrons. The van der Waals surface area contributed by atoms with Crippen LogP contribution in [0.1, 0.15) is 6.42 Å². The van der Waals surface area contributed by atoms with E-state index in [9.17, 15) is 4.79 Å². The SMILES string of the molecule is O=C(O)N1C[C@@H]2C[C@H]1CN2c1ccnc(Cl)c1. The number of anilines is 1. The van der Waals surface area contributed by atoms with E-state index in [1.165, 1.54) is 4.90 Å². The molecule has 90 valence electrons. The fourth-order valence-corrected chi connectivity index (χ4v) is 2.96. The fraction of sp³-hybridized carbons (Fsp3) is 0.455. The van der Waals surface area contributed by atoms with Crippen molar-refractivity contribution < 1.29 is 9.90 Å². The van der Waals surface area contributed by atoms with Crippen LogP contribution in [0.25, 0.3) is 0 Å². The Hall–Kier alpha value is -1.49. The third-order valence-electron chi connectivity index (χ3n) is 3.53. The third kappa shape index (κ3) is 1.70. The molecule has 3 heterocycles. The summed E-state index contributed by atoms with van der Waals surface area (Å²) in [7, 11) is 0. The molecule has 1 N–H and O–H groups in total. The minimum atomic E-state index is -0.815. The summed E-state index contributed by atoms with van der Waals surface area (Å²) in [4.78, 5) is 18.7. The van der Waals surface area contributed by atoms with Gasteiger partial charge in [0.05, 0.1) is 6.04 Å². The van der Waals surface area contributed by atoms with Gasteiger partial charge in [0.25, 0.3) is 0 Å². The maximum absolute atomic E-state index is 11.0. The predicted octanol–water partition coefficient (Wildman–Crippen LogP) is 1.68. The first-order valence-electron chi connectivity index (χ1n) is 5.53. The summed E-state index contributed by atoms with van der Waals surface area (Å²) in [6.45, 7) is 1.33. The van der Waals surface area contributed by atoms with Gasteiger partial charge in [-0.15, -0.1) is 0 Å². The Balaban J connectivity index is 1.80. The number of fused-ring (bicyclic) bond motifs is 2. The van der Waals surface area contributed by atoms with Crippen molar-refractivity contribution in [1.29, 1.82) is 0 Å². The molecule has 0 aliphatic carbocycles. The lowest BCUT2D eigenvalue weighted by molar-refractivity contribution is 0.137. The van der Waals surface area contributed by atoms with Gasteiger partial charge in [-0.1, -0.05) is 11.6 Å². The van der Waals surface area contributed by atoms with Gasteiger partial charge in [-0.25, -0.2) is 9.78 Å². The maximum Gasteiger partial charge on any atom is 0.407 e. The van der Waals surface area contributed by atoms with E-state index >= 15 is 0 Å². The van der Waals surface area contributed by atoms with Gasteiger partial charge in [0.2, 0.25) is 0 Å². The van der Waals surface area contributed by atoms with Crippen LogP contribution in [0.3, 0.4) is 0 Å². The molecular formula is C11H12ClN3O2. The van der Waals surface area contributed by atoms with Crippen molar-refractivity contribution in [2.45, 2.75) is 18.5 Å². The topological polar surface area (TPSA) is 56.7 Å². The van der Waals surface area contributed by atoms with Crippen LogP contribution >= 0.6 is 11.6 Å². The quantitative estimate of drug-likeness (QED) is 0.774. The molecule has 1 amide bonds. The second-order valence-corrected chi connectivity index (χ2v) is 4.85. The number of pyridine rings is 1. The second kappa shape index (κ2) is 3.77. The van der Waals surface area contributed by atoms with Crippen LogP contribution in [-0.4, -0.2) is 46.3 Å². The van der Waals surface area contributed by atoms with E-state index in [4.69, 9.17) is 16.7 Å². The van der Waals surface area contributed by atoms with E-state index in [2.05, 4.69) is 9.88 Å². The zero-order valence-corrected chi connectivity index (χ0v) is 9.84. The van der Waals surface area contributed by atoms with E-state index in [-0.39, 0.29) is 12.1 Å². The average Bonchev–Trinajstić information content (AvgIpc) is 2.87. The molecule has 2 atom stereocenters. The van der Waals surface area contributed by atoms with E-state index < -0.39 is 6.09 Å². The first-order chi connectivity index (χ1) is 8.15. The number of nitrogens with zero attached hydrogens (tertiary/aromatic N) is 3. The second-order valence-electron chi connectivity index (χ2n) is 4.47. The highest BCUT2D eigenvalue weighted by Gasteiger charge is 2.45. The number of hydrogen-bond acceptors (Lipinski definition) is 3. The predicted molar refractivity (Wildman–Crippen MR) is 63.5 cm³/mol. The number of hydrogen-bond donors (Lipinski definition) is 1. The molecule has 0 spiro atoms. The first-order valence-corrected chi connectivity index (χ1v) is 5.90. The average molecular weight is 254 g/mol. The van der Waals surface area contributed by atoms with Crippen LogP contribution < -0.4 is 4.90 Å². The van der Waals surface area contributed by atoms with Crippen molar-refractivity contribution in [3.8, 4) is 0 Å². The Labute approximate surface area is 104 Å². The lowest BCUT2D eigenvalue weighted by Crippen LogP contribution is -2.48. The lowest BCUT2D eigenvalue weighted by atomic mass is 10.2. The summed E-state index contributed by atoms with van der Waals surface area (Å²) >= 11 is 5.86. The van der Waals surface area contributed by atoms with Gasteiger partial charge in [0.1, 0.15) is 5.15 Å². The van der Waals surface area contributed by atoms with Crippen molar-refractivity contribution in [2.75, 3.05) is 18.0 Å². The summed E-state index contributed by atoms with van der Waals surface area (Å²) in [6, 6.07) is 4.13. The van der Waals surface area contributed by atoms with Crippen LogP contribution in [0.15, 0.2) is 18.3 Å². The number of halogens is 1. The molecule has 0 saturated carbocycles. The molecule has 0 aromatic carbocycles. The van der Waals surface area contributed by atoms with Gasteiger partial charge in [-0.2, -0.15) is 0 Å². The molecule has 2 aliphatic rings. The Bertz CT molecular complexity index is 468. The van der Waals surface area contributed by atoms with Gasteiger partial charge in [0.15, 0.2) is 0 Å². The van der Waals surface area contributed by atoms with Crippen molar-refractivity contribution in [1.82, 2.24) is 9.88 Å². The van der Waals surface area contributed by atoms with Gasteiger partial charge in [-0.3, -0.25) is 0 Å².